The van der Waals surface area contributed by atoms with E-state index in [9.17, 15) is 12.8 Å². The largest absolute Gasteiger partial charge is 0.487 e. The second-order valence-electron chi connectivity index (χ2n) is 3.95. The first kappa shape index (κ1) is 15.3. The molecule has 2 rings (SSSR count). The molecule has 0 saturated heterocycles. The summed E-state index contributed by atoms with van der Waals surface area (Å²) in [6.45, 7) is 0.0405. The molecule has 0 fully saturated rings. The van der Waals surface area contributed by atoms with Crippen LogP contribution in [0.4, 0.5) is 4.39 Å². The molecule has 0 saturated carbocycles. The quantitative estimate of drug-likeness (QED) is 0.751. The van der Waals surface area contributed by atoms with Gasteiger partial charge >= 0.3 is 0 Å². The zero-order valence-corrected chi connectivity index (χ0v) is 13.2. The van der Waals surface area contributed by atoms with Gasteiger partial charge in [0, 0.05) is 15.2 Å². The van der Waals surface area contributed by atoms with E-state index in [0.717, 1.165) is 0 Å². The Labute approximate surface area is 128 Å². The molecule has 0 radical (unpaired) electrons. The molecule has 0 aliphatic carbocycles. The van der Waals surface area contributed by atoms with Gasteiger partial charge in [-0.25, -0.2) is 12.8 Å². The molecule has 3 nitrogen and oxygen atoms in total. The molecule has 0 aliphatic rings. The van der Waals surface area contributed by atoms with Crippen LogP contribution in [-0.4, -0.2) is 8.42 Å². The maximum atomic E-state index is 13.0. The second kappa shape index (κ2) is 6.11. The number of halogens is 3. The standard InChI is InChI=1S/C13H9BrClFO3S/c14-10-4-5-12(13(7-10)20(15,17)18)19-8-9-2-1-3-11(16)6-9/h1-7H,8H2. The van der Waals surface area contributed by atoms with Crippen molar-refractivity contribution < 1.29 is 17.5 Å². The third kappa shape index (κ3) is 3.94. The molecule has 0 bridgehead atoms. The third-order valence-corrected chi connectivity index (χ3v) is 4.29. The molecule has 0 atom stereocenters. The minimum atomic E-state index is -3.93. The van der Waals surface area contributed by atoms with Crippen LogP contribution in [0, 0.1) is 5.82 Å². The van der Waals surface area contributed by atoms with Crippen molar-refractivity contribution in [2.45, 2.75) is 11.5 Å². The van der Waals surface area contributed by atoms with Crippen molar-refractivity contribution in [1.29, 1.82) is 0 Å². The van der Waals surface area contributed by atoms with E-state index < -0.39 is 9.05 Å². The fraction of sp³-hybridized carbons (Fsp3) is 0.0769. The number of rotatable bonds is 4. The Hall–Kier alpha value is -1.11. The van der Waals surface area contributed by atoms with Crippen LogP contribution in [0.5, 0.6) is 5.75 Å². The van der Waals surface area contributed by atoms with E-state index in [1.54, 1.807) is 18.2 Å². The minimum absolute atomic E-state index is 0.0405. The summed E-state index contributed by atoms with van der Waals surface area (Å²) in [7, 11) is 1.43. The Kier molecular flexibility index (Phi) is 4.67. The van der Waals surface area contributed by atoms with Gasteiger partial charge in [-0.2, -0.15) is 0 Å². The summed E-state index contributed by atoms with van der Waals surface area (Å²) in [6.07, 6.45) is 0. The van der Waals surface area contributed by atoms with Crippen molar-refractivity contribution >= 4 is 35.7 Å². The normalized spacial score (nSPS) is 11.3. The monoisotopic (exact) mass is 378 g/mol. The van der Waals surface area contributed by atoms with Crippen molar-refractivity contribution in [3.63, 3.8) is 0 Å². The molecule has 0 heterocycles. The summed E-state index contributed by atoms with van der Waals surface area (Å²) in [5.74, 6) is -0.264. The van der Waals surface area contributed by atoms with Gasteiger partial charge in [0.25, 0.3) is 9.05 Å². The highest BCUT2D eigenvalue weighted by Gasteiger charge is 2.17. The summed E-state index contributed by atoms with van der Waals surface area (Å²) in [5.41, 5.74) is 0.589. The summed E-state index contributed by atoms with van der Waals surface area (Å²) in [4.78, 5) is -0.134. The van der Waals surface area contributed by atoms with E-state index in [0.29, 0.717) is 10.0 Å². The lowest BCUT2D eigenvalue weighted by Crippen LogP contribution is -2.01. The number of hydrogen-bond donors (Lipinski definition) is 0. The maximum Gasteiger partial charge on any atom is 0.265 e. The first-order valence-corrected chi connectivity index (χ1v) is 8.58. The number of benzene rings is 2. The fourth-order valence-corrected chi connectivity index (χ4v) is 3.09. The molecule has 2 aromatic rings. The van der Waals surface area contributed by atoms with Gasteiger partial charge in [0.05, 0.1) is 0 Å². The highest BCUT2D eigenvalue weighted by Crippen LogP contribution is 2.30. The molecule has 20 heavy (non-hydrogen) atoms. The highest BCUT2D eigenvalue weighted by atomic mass is 79.9. The van der Waals surface area contributed by atoms with E-state index in [1.165, 1.54) is 24.3 Å². The molecule has 0 spiro atoms. The van der Waals surface area contributed by atoms with Gasteiger partial charge in [-0.1, -0.05) is 28.1 Å². The van der Waals surface area contributed by atoms with E-state index in [-0.39, 0.29) is 23.1 Å². The van der Waals surface area contributed by atoms with Gasteiger partial charge in [-0.3, -0.25) is 0 Å². The van der Waals surface area contributed by atoms with Crippen LogP contribution in [0.25, 0.3) is 0 Å². The molecular formula is C13H9BrClFO3S. The molecule has 0 N–H and O–H groups in total. The van der Waals surface area contributed by atoms with Crippen LogP contribution in [0.3, 0.4) is 0 Å². The average Bonchev–Trinajstić information content (AvgIpc) is 2.36. The Morgan fingerprint density at radius 1 is 1.20 bits per heavy atom. The molecule has 7 heteroatoms. The molecule has 0 unspecified atom stereocenters. The molecular weight excluding hydrogens is 371 g/mol. The third-order valence-electron chi connectivity index (χ3n) is 2.45. The van der Waals surface area contributed by atoms with Crippen LogP contribution < -0.4 is 4.74 Å². The Balaban J connectivity index is 2.26. The molecule has 0 aromatic heterocycles. The zero-order valence-electron chi connectivity index (χ0n) is 10.0. The van der Waals surface area contributed by atoms with Gasteiger partial charge in [-0.15, -0.1) is 0 Å². The zero-order chi connectivity index (χ0) is 14.8. The van der Waals surface area contributed by atoms with Gasteiger partial charge in [0.15, 0.2) is 0 Å². The van der Waals surface area contributed by atoms with E-state index in [1.807, 2.05) is 0 Å². The highest BCUT2D eigenvalue weighted by molar-refractivity contribution is 9.10. The first-order chi connectivity index (χ1) is 9.36. The van der Waals surface area contributed by atoms with Crippen molar-refractivity contribution in [1.82, 2.24) is 0 Å². The first-order valence-electron chi connectivity index (χ1n) is 5.48. The van der Waals surface area contributed by atoms with Crippen LogP contribution in [0.15, 0.2) is 51.8 Å². The molecule has 106 valence electrons. The van der Waals surface area contributed by atoms with Crippen LogP contribution in [0.2, 0.25) is 0 Å². The van der Waals surface area contributed by atoms with Gasteiger partial charge in [0.2, 0.25) is 0 Å². The van der Waals surface area contributed by atoms with Gasteiger partial charge in [0.1, 0.15) is 23.1 Å². The van der Waals surface area contributed by atoms with E-state index >= 15 is 0 Å². The van der Waals surface area contributed by atoms with Crippen molar-refractivity contribution in [2.75, 3.05) is 0 Å². The Morgan fingerprint density at radius 3 is 2.60 bits per heavy atom. The van der Waals surface area contributed by atoms with Crippen molar-refractivity contribution in [3.05, 3.63) is 58.3 Å². The smallest absolute Gasteiger partial charge is 0.265 e. The Bertz CT molecular complexity index is 734. The summed E-state index contributed by atoms with van der Waals surface area (Å²) in [6, 6.07) is 10.3. The lowest BCUT2D eigenvalue weighted by Gasteiger charge is -2.10. The number of hydrogen-bond acceptors (Lipinski definition) is 3. The average molecular weight is 380 g/mol. The second-order valence-corrected chi connectivity index (χ2v) is 7.40. The lowest BCUT2D eigenvalue weighted by atomic mass is 10.2. The Morgan fingerprint density at radius 2 is 1.95 bits per heavy atom. The fourth-order valence-electron chi connectivity index (χ4n) is 1.58. The predicted octanol–water partition coefficient (Wildman–Crippen LogP) is 4.09. The van der Waals surface area contributed by atoms with Crippen LogP contribution in [-0.2, 0) is 15.7 Å². The topological polar surface area (TPSA) is 43.4 Å². The molecule has 2 aromatic carbocycles. The van der Waals surface area contributed by atoms with Crippen molar-refractivity contribution in [2.24, 2.45) is 0 Å². The van der Waals surface area contributed by atoms with Crippen LogP contribution >= 0.6 is 26.6 Å². The van der Waals surface area contributed by atoms with E-state index in [2.05, 4.69) is 15.9 Å². The number of ether oxygens (including phenoxy) is 1. The van der Waals surface area contributed by atoms with Gasteiger partial charge in [-0.05, 0) is 35.9 Å². The summed E-state index contributed by atoms with van der Waals surface area (Å²) >= 11 is 3.17. The maximum absolute atomic E-state index is 13.0. The summed E-state index contributed by atoms with van der Waals surface area (Å²) < 4.78 is 42.0. The minimum Gasteiger partial charge on any atom is -0.487 e. The molecule has 0 amide bonds. The lowest BCUT2D eigenvalue weighted by molar-refractivity contribution is 0.297. The molecule has 0 aliphatic heterocycles. The van der Waals surface area contributed by atoms with E-state index in [4.69, 9.17) is 15.4 Å². The SMILES string of the molecule is O=S(=O)(Cl)c1cc(Br)ccc1OCc1cccc(F)c1. The predicted molar refractivity (Wildman–Crippen MR) is 77.9 cm³/mol. The van der Waals surface area contributed by atoms with Gasteiger partial charge < -0.3 is 4.74 Å². The summed E-state index contributed by atoms with van der Waals surface area (Å²) in [5, 5.41) is 0. The van der Waals surface area contributed by atoms with Crippen LogP contribution in [0.1, 0.15) is 5.56 Å². The van der Waals surface area contributed by atoms with Crippen molar-refractivity contribution in [3.8, 4) is 5.75 Å².